The lowest BCUT2D eigenvalue weighted by Gasteiger charge is -2.20. The molecule has 0 aliphatic carbocycles. The maximum absolute atomic E-state index is 14.0. The van der Waals surface area contributed by atoms with Gasteiger partial charge in [-0.1, -0.05) is 12.1 Å². The van der Waals surface area contributed by atoms with Crippen LogP contribution in [0.15, 0.2) is 47.6 Å². The molecule has 2 aromatic rings. The molecular weight excluding hydrogens is 522 g/mol. The second kappa shape index (κ2) is 13.4. The maximum atomic E-state index is 14.0. The molecule has 32 heavy (non-hydrogen) atoms. The highest BCUT2D eigenvalue weighted by atomic mass is 127. The minimum atomic E-state index is -0.281. The third-order valence-corrected chi connectivity index (χ3v) is 5.04. The fourth-order valence-corrected chi connectivity index (χ4v) is 3.44. The number of benzene rings is 1. The van der Waals surface area contributed by atoms with Crippen LogP contribution in [0, 0.1) is 5.82 Å². The summed E-state index contributed by atoms with van der Waals surface area (Å²) < 4.78 is 19.9. The maximum Gasteiger partial charge on any atom is 0.191 e. The van der Waals surface area contributed by atoms with E-state index in [9.17, 15) is 4.39 Å². The Kier molecular flexibility index (Phi) is 10.9. The molecule has 7 nitrogen and oxygen atoms in total. The molecule has 1 fully saturated rings. The van der Waals surface area contributed by atoms with Crippen LogP contribution in [-0.4, -0.2) is 68.8 Å². The van der Waals surface area contributed by atoms with Gasteiger partial charge in [-0.2, -0.15) is 0 Å². The summed E-state index contributed by atoms with van der Waals surface area (Å²) in [5, 5.41) is 6.78. The molecule has 0 spiro atoms. The summed E-state index contributed by atoms with van der Waals surface area (Å²) in [5.41, 5.74) is 1.09. The summed E-state index contributed by atoms with van der Waals surface area (Å²) >= 11 is 0. The van der Waals surface area contributed by atoms with Crippen molar-refractivity contribution in [3.63, 3.8) is 0 Å². The first-order valence-corrected chi connectivity index (χ1v) is 10.8. The summed E-state index contributed by atoms with van der Waals surface area (Å²) in [4.78, 5) is 13.0. The first kappa shape index (κ1) is 26.1. The molecule has 0 bridgehead atoms. The van der Waals surface area contributed by atoms with E-state index in [1.54, 1.807) is 12.3 Å². The van der Waals surface area contributed by atoms with E-state index in [0.717, 1.165) is 43.3 Å². The van der Waals surface area contributed by atoms with Gasteiger partial charge < -0.3 is 25.2 Å². The molecule has 1 saturated heterocycles. The van der Waals surface area contributed by atoms with E-state index >= 15 is 0 Å². The zero-order chi connectivity index (χ0) is 22.1. The Morgan fingerprint density at radius 2 is 2.16 bits per heavy atom. The molecule has 2 N–H and O–H groups in total. The lowest BCUT2D eigenvalue weighted by molar-refractivity contribution is 0.261. The van der Waals surface area contributed by atoms with Crippen molar-refractivity contribution in [1.82, 2.24) is 20.5 Å². The van der Waals surface area contributed by atoms with Crippen molar-refractivity contribution in [3.05, 3.63) is 54.0 Å². The van der Waals surface area contributed by atoms with Gasteiger partial charge in [-0.3, -0.25) is 0 Å². The van der Waals surface area contributed by atoms with Crippen LogP contribution in [0.3, 0.4) is 0 Å². The number of hydrogen-bond donors (Lipinski definition) is 2. The zero-order valence-electron chi connectivity index (χ0n) is 19.1. The Hall–Kier alpha value is -2.14. The fraction of sp³-hybridized carbons (Fsp3) is 0.478. The summed E-state index contributed by atoms with van der Waals surface area (Å²) in [7, 11) is 4.06. The predicted molar refractivity (Wildman–Crippen MR) is 139 cm³/mol. The Labute approximate surface area is 207 Å². The molecule has 1 aliphatic rings. The number of likely N-dealkylation sites (N-methyl/N-ethyl adjacent to an activating group) is 1. The van der Waals surface area contributed by atoms with Crippen LogP contribution in [0.25, 0.3) is 0 Å². The number of ether oxygens (including phenoxy) is 1. The number of anilines is 1. The van der Waals surface area contributed by atoms with E-state index in [1.165, 1.54) is 6.07 Å². The van der Waals surface area contributed by atoms with E-state index in [2.05, 4.69) is 20.5 Å². The molecule has 3 rings (SSSR count). The van der Waals surface area contributed by atoms with Crippen LogP contribution >= 0.6 is 24.0 Å². The molecule has 1 aromatic carbocycles. The van der Waals surface area contributed by atoms with Gasteiger partial charge in [0.2, 0.25) is 0 Å². The van der Waals surface area contributed by atoms with Crippen molar-refractivity contribution in [1.29, 1.82) is 0 Å². The van der Waals surface area contributed by atoms with Gasteiger partial charge in [0.15, 0.2) is 17.6 Å². The minimum Gasteiger partial charge on any atom is -0.492 e. The van der Waals surface area contributed by atoms with E-state index in [4.69, 9.17) is 9.73 Å². The van der Waals surface area contributed by atoms with Gasteiger partial charge in [0.1, 0.15) is 12.4 Å². The van der Waals surface area contributed by atoms with E-state index in [-0.39, 0.29) is 35.8 Å². The number of aliphatic imine (C=N–C) groups is 1. The van der Waals surface area contributed by atoms with Gasteiger partial charge in [-0.05, 0) is 57.3 Å². The third-order valence-electron chi connectivity index (χ3n) is 5.04. The van der Waals surface area contributed by atoms with Crippen LogP contribution in [0.1, 0.15) is 18.9 Å². The number of nitrogens with zero attached hydrogens (tertiary/aromatic N) is 4. The summed E-state index contributed by atoms with van der Waals surface area (Å²) in [5.74, 6) is 1.75. The molecule has 9 heteroatoms. The molecule has 1 aliphatic heterocycles. The quantitative estimate of drug-likeness (QED) is 0.281. The van der Waals surface area contributed by atoms with Crippen LogP contribution in [0.4, 0.5) is 10.2 Å². The monoisotopic (exact) mass is 556 g/mol. The molecular formula is C23H34FIN6O. The molecule has 0 saturated carbocycles. The highest BCUT2D eigenvalue weighted by Gasteiger charge is 2.25. The van der Waals surface area contributed by atoms with Gasteiger partial charge >= 0.3 is 0 Å². The van der Waals surface area contributed by atoms with E-state index < -0.39 is 0 Å². The normalized spacial score (nSPS) is 16.1. The van der Waals surface area contributed by atoms with Crippen molar-refractivity contribution >= 4 is 35.8 Å². The van der Waals surface area contributed by atoms with Crippen molar-refractivity contribution < 1.29 is 9.13 Å². The highest BCUT2D eigenvalue weighted by molar-refractivity contribution is 14.0. The van der Waals surface area contributed by atoms with E-state index in [0.29, 0.717) is 25.5 Å². The summed E-state index contributed by atoms with van der Waals surface area (Å²) in [6, 6.07) is 11.3. The van der Waals surface area contributed by atoms with E-state index in [1.807, 2.05) is 50.2 Å². The number of halogens is 2. The molecule has 1 atom stereocenters. The van der Waals surface area contributed by atoms with Crippen molar-refractivity contribution in [2.24, 2.45) is 4.99 Å². The minimum absolute atomic E-state index is 0. The van der Waals surface area contributed by atoms with Crippen molar-refractivity contribution in [3.8, 4) is 5.75 Å². The van der Waals surface area contributed by atoms with Crippen LogP contribution in [0.5, 0.6) is 5.75 Å². The summed E-state index contributed by atoms with van der Waals surface area (Å²) in [6.45, 7) is 6.33. The Balaban J connectivity index is 0.00000363. The average molecular weight is 556 g/mol. The lowest BCUT2D eigenvalue weighted by atomic mass is 10.2. The molecule has 176 valence electrons. The number of pyridine rings is 1. The topological polar surface area (TPSA) is 65.0 Å². The van der Waals surface area contributed by atoms with Gasteiger partial charge in [0, 0.05) is 38.4 Å². The van der Waals surface area contributed by atoms with Crippen LogP contribution in [-0.2, 0) is 6.54 Å². The average Bonchev–Trinajstić information content (AvgIpc) is 3.21. The second-order valence-electron chi connectivity index (χ2n) is 7.88. The number of guanidine groups is 1. The van der Waals surface area contributed by atoms with Crippen molar-refractivity contribution in [2.45, 2.75) is 25.9 Å². The third kappa shape index (κ3) is 8.09. The van der Waals surface area contributed by atoms with Gasteiger partial charge in [0.25, 0.3) is 0 Å². The van der Waals surface area contributed by atoms with Gasteiger partial charge in [-0.25, -0.2) is 14.4 Å². The Morgan fingerprint density at radius 3 is 2.91 bits per heavy atom. The van der Waals surface area contributed by atoms with Gasteiger partial charge in [0.05, 0.1) is 6.54 Å². The number of aromatic nitrogens is 1. The summed E-state index contributed by atoms with van der Waals surface area (Å²) in [6.07, 6.45) is 2.53. The molecule has 0 radical (unpaired) electrons. The second-order valence-corrected chi connectivity index (χ2v) is 7.88. The standard InChI is InChI=1S/C23H33FN6O.HI/c1-4-25-23(27-16-18-7-5-8-20(15-18)31-14-13-29(2)3)28-19-10-12-30(17-19)22-21(24)9-6-11-26-22;/h5-9,11,15,19H,4,10,12-14,16-17H2,1-3H3,(H2,25,27,28);1H. The van der Waals surface area contributed by atoms with Crippen LogP contribution < -0.4 is 20.3 Å². The highest BCUT2D eigenvalue weighted by Crippen LogP contribution is 2.21. The number of hydrogen-bond acceptors (Lipinski definition) is 5. The largest absolute Gasteiger partial charge is 0.492 e. The predicted octanol–water partition coefficient (Wildman–Crippen LogP) is 3.11. The molecule has 1 unspecified atom stereocenters. The Bertz CT molecular complexity index is 866. The smallest absolute Gasteiger partial charge is 0.191 e. The SMILES string of the molecule is CCNC(=NCc1cccc(OCCN(C)C)c1)NC1CCN(c2ncccc2F)C1.I. The van der Waals surface area contributed by atoms with Crippen LogP contribution in [0.2, 0.25) is 0 Å². The number of rotatable bonds is 9. The van der Waals surface area contributed by atoms with Gasteiger partial charge in [-0.15, -0.1) is 24.0 Å². The number of nitrogens with one attached hydrogen (secondary N) is 2. The molecule has 0 amide bonds. The molecule has 2 heterocycles. The Morgan fingerprint density at radius 1 is 1.31 bits per heavy atom. The fourth-order valence-electron chi connectivity index (χ4n) is 3.44. The zero-order valence-corrected chi connectivity index (χ0v) is 21.4. The lowest BCUT2D eigenvalue weighted by Crippen LogP contribution is -2.44. The molecule has 1 aromatic heterocycles. The first-order valence-electron chi connectivity index (χ1n) is 10.8. The first-order chi connectivity index (χ1) is 15.0. The van der Waals surface area contributed by atoms with Crippen molar-refractivity contribution in [2.75, 3.05) is 51.8 Å².